The third-order valence-electron chi connectivity index (χ3n) is 5.74. The number of nitrogens with one attached hydrogen (secondary N) is 2. The van der Waals surface area contributed by atoms with Crippen LogP contribution in [0.15, 0.2) is 47.3 Å². The molecular weight excluding hydrogens is 573 g/mol. The van der Waals surface area contributed by atoms with Crippen molar-refractivity contribution in [3.63, 3.8) is 0 Å². The van der Waals surface area contributed by atoms with Crippen molar-refractivity contribution in [3.05, 3.63) is 84.8 Å². The number of sulfonamides is 1. The van der Waals surface area contributed by atoms with Crippen LogP contribution >= 0.6 is 34.8 Å². The average molecular weight is 595 g/mol. The van der Waals surface area contributed by atoms with Crippen molar-refractivity contribution >= 4 is 67.3 Å². The highest BCUT2D eigenvalue weighted by atomic mass is 35.5. The summed E-state index contributed by atoms with van der Waals surface area (Å²) in [4.78, 5) is 34.9. The number of anilines is 1. The molecule has 13 heteroatoms. The van der Waals surface area contributed by atoms with Gasteiger partial charge in [-0.05, 0) is 49.7 Å². The van der Waals surface area contributed by atoms with E-state index in [9.17, 15) is 18.0 Å². The van der Waals surface area contributed by atoms with E-state index >= 15 is 0 Å². The van der Waals surface area contributed by atoms with Crippen molar-refractivity contribution in [3.8, 4) is 11.4 Å². The Morgan fingerprint density at radius 2 is 1.79 bits per heavy atom. The Bertz CT molecular complexity index is 1770. The summed E-state index contributed by atoms with van der Waals surface area (Å²) in [5, 5.41) is 4.18. The molecule has 2 N–H and O–H groups in total. The summed E-state index contributed by atoms with van der Waals surface area (Å²) >= 11 is 18.6. The number of aromatic nitrogens is 3. The van der Waals surface area contributed by atoms with Gasteiger partial charge >= 0.3 is 0 Å². The van der Waals surface area contributed by atoms with Gasteiger partial charge in [-0.2, -0.15) is 0 Å². The van der Waals surface area contributed by atoms with Crippen LogP contribution < -0.4 is 15.6 Å². The maximum absolute atomic E-state index is 13.4. The molecule has 0 unspecified atom stereocenters. The van der Waals surface area contributed by atoms with Crippen LogP contribution in [0.25, 0.3) is 22.3 Å². The third-order valence-corrected chi connectivity index (χ3v) is 7.33. The van der Waals surface area contributed by atoms with E-state index in [1.165, 1.54) is 16.7 Å². The molecule has 1 amide bonds. The minimum absolute atomic E-state index is 0.0102. The predicted molar refractivity (Wildman–Crippen MR) is 151 cm³/mol. The molecular formula is C25H22Cl3N5O4S. The molecule has 0 radical (unpaired) electrons. The van der Waals surface area contributed by atoms with Crippen molar-refractivity contribution < 1.29 is 13.2 Å². The third kappa shape index (κ3) is 5.63. The lowest BCUT2D eigenvalue weighted by Crippen LogP contribution is -2.31. The average Bonchev–Trinajstić information content (AvgIpc) is 2.83. The van der Waals surface area contributed by atoms with Crippen molar-refractivity contribution in [2.24, 2.45) is 7.05 Å². The lowest BCUT2D eigenvalue weighted by atomic mass is 10.0. The number of nitrogens with zero attached hydrogens (tertiary/aromatic N) is 3. The summed E-state index contributed by atoms with van der Waals surface area (Å²) in [5.74, 6) is -0.614. The number of benzene rings is 2. The Morgan fingerprint density at radius 3 is 2.47 bits per heavy atom. The van der Waals surface area contributed by atoms with E-state index in [-0.39, 0.29) is 27.1 Å². The number of carbonyl (C=O) groups is 1. The standard InChI is InChI=1S/C25H22Cl3N5O4S/c1-12-10-15(13(2)29-18-8-9-19(27)30-22(18)24(34)32-38(4,36)37)21-16(11-12)25(35)33(3)23(31-21)14-6-5-7-17(26)20(14)28/h5-11,13,29H,1-4H3,(H,32,34)/t13-/m1/s1. The second kappa shape index (κ2) is 10.5. The minimum atomic E-state index is -3.84. The summed E-state index contributed by atoms with van der Waals surface area (Å²) in [5.41, 5.74) is 2.14. The molecule has 2 aromatic carbocycles. The quantitative estimate of drug-likeness (QED) is 0.297. The number of halogens is 3. The highest BCUT2D eigenvalue weighted by Crippen LogP contribution is 2.34. The molecule has 1 atom stereocenters. The predicted octanol–water partition coefficient (Wildman–Crippen LogP) is 5.13. The summed E-state index contributed by atoms with van der Waals surface area (Å²) in [7, 11) is -2.23. The number of fused-ring (bicyclic) bond motifs is 1. The Kier molecular flexibility index (Phi) is 7.72. The molecule has 38 heavy (non-hydrogen) atoms. The minimum Gasteiger partial charge on any atom is -0.377 e. The van der Waals surface area contributed by atoms with Crippen molar-refractivity contribution in [1.82, 2.24) is 19.3 Å². The van der Waals surface area contributed by atoms with Gasteiger partial charge in [-0.25, -0.2) is 23.1 Å². The molecule has 198 valence electrons. The van der Waals surface area contributed by atoms with Crippen LogP contribution in [0.5, 0.6) is 0 Å². The molecule has 0 aliphatic rings. The lowest BCUT2D eigenvalue weighted by Gasteiger charge is -2.20. The summed E-state index contributed by atoms with van der Waals surface area (Å²) in [6, 6.07) is 11.2. The topological polar surface area (TPSA) is 123 Å². The highest BCUT2D eigenvalue weighted by molar-refractivity contribution is 7.89. The number of hydrogen-bond acceptors (Lipinski definition) is 7. The molecule has 4 rings (SSSR count). The summed E-state index contributed by atoms with van der Waals surface area (Å²) in [6.45, 7) is 3.66. The van der Waals surface area contributed by atoms with E-state index in [1.807, 2.05) is 24.6 Å². The van der Waals surface area contributed by atoms with Crippen LogP contribution in [0.3, 0.4) is 0 Å². The molecule has 2 aromatic heterocycles. The fourth-order valence-electron chi connectivity index (χ4n) is 4.05. The highest BCUT2D eigenvalue weighted by Gasteiger charge is 2.22. The largest absolute Gasteiger partial charge is 0.377 e. The monoisotopic (exact) mass is 593 g/mol. The molecule has 0 saturated heterocycles. The summed E-state index contributed by atoms with van der Waals surface area (Å²) in [6.07, 6.45) is 0.861. The number of carbonyl (C=O) groups excluding carboxylic acids is 1. The molecule has 2 heterocycles. The normalized spacial score (nSPS) is 12.4. The van der Waals surface area contributed by atoms with Gasteiger partial charge in [0.1, 0.15) is 11.0 Å². The molecule has 0 spiro atoms. The van der Waals surface area contributed by atoms with E-state index in [2.05, 4.69) is 10.3 Å². The Labute approximate surface area is 233 Å². The molecule has 0 aliphatic heterocycles. The number of pyridine rings is 1. The Hall–Kier alpha value is -3.18. The lowest BCUT2D eigenvalue weighted by molar-refractivity contribution is 0.0977. The van der Waals surface area contributed by atoms with Crippen molar-refractivity contribution in [2.75, 3.05) is 11.6 Å². The van der Waals surface area contributed by atoms with Crippen LogP contribution in [0, 0.1) is 6.92 Å². The maximum atomic E-state index is 13.4. The van der Waals surface area contributed by atoms with E-state index < -0.39 is 22.0 Å². The smallest absolute Gasteiger partial charge is 0.285 e. The van der Waals surface area contributed by atoms with Gasteiger partial charge in [-0.3, -0.25) is 14.2 Å². The van der Waals surface area contributed by atoms with Crippen LogP contribution in [0.1, 0.15) is 34.6 Å². The van der Waals surface area contributed by atoms with Gasteiger partial charge in [0.2, 0.25) is 10.0 Å². The first-order valence-electron chi connectivity index (χ1n) is 11.2. The number of aryl methyl sites for hydroxylation is 1. The molecule has 0 bridgehead atoms. The van der Waals surface area contributed by atoms with E-state index in [1.54, 1.807) is 31.3 Å². The maximum Gasteiger partial charge on any atom is 0.285 e. The number of amides is 1. The van der Waals surface area contributed by atoms with Gasteiger partial charge in [-0.1, -0.05) is 46.9 Å². The Morgan fingerprint density at radius 1 is 1.08 bits per heavy atom. The molecule has 0 saturated carbocycles. The first kappa shape index (κ1) is 27.8. The Balaban J connectivity index is 1.87. The molecule has 0 aliphatic carbocycles. The van der Waals surface area contributed by atoms with Crippen LogP contribution in [0.4, 0.5) is 5.69 Å². The van der Waals surface area contributed by atoms with Crippen LogP contribution in [-0.2, 0) is 17.1 Å². The molecule has 0 fully saturated rings. The zero-order valence-electron chi connectivity index (χ0n) is 20.6. The van der Waals surface area contributed by atoms with Gasteiger partial charge < -0.3 is 5.32 Å². The van der Waals surface area contributed by atoms with Crippen LogP contribution in [-0.4, -0.2) is 35.1 Å². The first-order valence-corrected chi connectivity index (χ1v) is 14.2. The molecule has 4 aromatic rings. The van der Waals surface area contributed by atoms with E-state index in [0.717, 1.165) is 11.8 Å². The second-order valence-electron chi connectivity index (χ2n) is 8.75. The van der Waals surface area contributed by atoms with Gasteiger partial charge in [0.15, 0.2) is 5.69 Å². The van der Waals surface area contributed by atoms with E-state index in [4.69, 9.17) is 39.8 Å². The van der Waals surface area contributed by atoms with Crippen LogP contribution in [0.2, 0.25) is 15.2 Å². The first-order chi connectivity index (χ1) is 17.8. The molecule has 9 nitrogen and oxygen atoms in total. The van der Waals surface area contributed by atoms with Crippen molar-refractivity contribution in [2.45, 2.75) is 19.9 Å². The number of rotatable bonds is 6. The van der Waals surface area contributed by atoms with Gasteiger partial charge in [-0.15, -0.1) is 0 Å². The van der Waals surface area contributed by atoms with Gasteiger partial charge in [0.25, 0.3) is 11.5 Å². The van der Waals surface area contributed by atoms with Crippen molar-refractivity contribution in [1.29, 1.82) is 0 Å². The van der Waals surface area contributed by atoms with E-state index in [0.29, 0.717) is 32.9 Å². The van der Waals surface area contributed by atoms with Gasteiger partial charge in [0, 0.05) is 18.2 Å². The fourth-order valence-corrected chi connectivity index (χ4v) is 5.02. The number of hydrogen-bond donors (Lipinski definition) is 2. The second-order valence-corrected chi connectivity index (χ2v) is 11.7. The summed E-state index contributed by atoms with van der Waals surface area (Å²) < 4.78 is 26.6. The fraction of sp³-hybridized carbons (Fsp3) is 0.200. The SMILES string of the molecule is Cc1cc([C@@H](C)Nc2ccc(Cl)nc2C(=O)NS(C)(=O)=O)c2nc(-c3cccc(Cl)c3Cl)n(C)c(=O)c2c1. The van der Waals surface area contributed by atoms with Gasteiger partial charge in [0.05, 0.1) is 38.9 Å². The zero-order chi connectivity index (χ0) is 27.9. The zero-order valence-corrected chi connectivity index (χ0v) is 23.7.